The summed E-state index contributed by atoms with van der Waals surface area (Å²) in [5.41, 5.74) is 3.93. The van der Waals surface area contributed by atoms with Crippen LogP contribution in [0.2, 0.25) is 0 Å². The van der Waals surface area contributed by atoms with Gasteiger partial charge in [-0.3, -0.25) is 0 Å². The van der Waals surface area contributed by atoms with Crippen LogP contribution in [-0.4, -0.2) is 18.2 Å². The number of ether oxygens (including phenoxy) is 1. The van der Waals surface area contributed by atoms with Crippen LogP contribution in [0.25, 0.3) is 0 Å². The molecule has 106 valence electrons. The molecule has 3 heteroatoms. The Bertz CT molecular complexity index is 437. The van der Waals surface area contributed by atoms with Gasteiger partial charge in [0, 0.05) is 22.8 Å². The predicted octanol–water partition coefficient (Wildman–Crippen LogP) is 4.83. The molecule has 1 N–H and O–H groups in total. The zero-order chi connectivity index (χ0) is 14.0. The van der Waals surface area contributed by atoms with Gasteiger partial charge < -0.3 is 10.1 Å². The summed E-state index contributed by atoms with van der Waals surface area (Å²) >= 11 is 3.55. The van der Waals surface area contributed by atoms with Gasteiger partial charge in [-0.25, -0.2) is 0 Å². The van der Waals surface area contributed by atoms with Gasteiger partial charge in [0.25, 0.3) is 0 Å². The fourth-order valence-electron chi connectivity index (χ4n) is 2.84. The molecule has 0 aromatic heterocycles. The molecule has 1 aliphatic heterocycles. The van der Waals surface area contributed by atoms with E-state index in [2.05, 4.69) is 61.1 Å². The second-order valence-corrected chi connectivity index (χ2v) is 6.82. The van der Waals surface area contributed by atoms with E-state index in [-0.39, 0.29) is 5.60 Å². The van der Waals surface area contributed by atoms with Gasteiger partial charge >= 0.3 is 0 Å². The highest BCUT2D eigenvalue weighted by Gasteiger charge is 2.31. The summed E-state index contributed by atoms with van der Waals surface area (Å²) < 4.78 is 7.07. The number of aryl methyl sites for hydroxylation is 2. The average molecular weight is 326 g/mol. The lowest BCUT2D eigenvalue weighted by Gasteiger charge is -2.38. The molecule has 2 atom stereocenters. The van der Waals surface area contributed by atoms with Gasteiger partial charge in [-0.1, -0.05) is 22.9 Å². The van der Waals surface area contributed by atoms with Crippen molar-refractivity contribution in [3.63, 3.8) is 0 Å². The Morgan fingerprint density at radius 1 is 1.37 bits per heavy atom. The smallest absolute Gasteiger partial charge is 0.0671 e. The van der Waals surface area contributed by atoms with Crippen LogP contribution < -0.4 is 5.32 Å². The van der Waals surface area contributed by atoms with Crippen LogP contribution in [-0.2, 0) is 4.74 Å². The number of benzene rings is 1. The van der Waals surface area contributed by atoms with E-state index in [1.807, 2.05) is 0 Å². The maximum absolute atomic E-state index is 5.91. The molecule has 1 heterocycles. The highest BCUT2D eigenvalue weighted by atomic mass is 79.9. The van der Waals surface area contributed by atoms with E-state index in [4.69, 9.17) is 4.74 Å². The third-order valence-corrected chi connectivity index (χ3v) is 4.65. The first kappa shape index (κ1) is 14.9. The van der Waals surface area contributed by atoms with E-state index >= 15 is 0 Å². The summed E-state index contributed by atoms with van der Waals surface area (Å²) in [6.45, 7) is 9.62. The van der Waals surface area contributed by atoms with E-state index < -0.39 is 0 Å². The molecule has 2 rings (SSSR count). The zero-order valence-corrected chi connectivity index (χ0v) is 13.9. The van der Waals surface area contributed by atoms with Crippen molar-refractivity contribution in [2.75, 3.05) is 11.9 Å². The van der Waals surface area contributed by atoms with Gasteiger partial charge in [0.2, 0.25) is 0 Å². The maximum Gasteiger partial charge on any atom is 0.0671 e. The van der Waals surface area contributed by atoms with Crippen LogP contribution in [0.4, 0.5) is 5.69 Å². The normalized spacial score (nSPS) is 27.3. The highest BCUT2D eigenvalue weighted by Crippen LogP contribution is 2.32. The molecule has 0 radical (unpaired) electrons. The molecule has 1 aromatic rings. The van der Waals surface area contributed by atoms with Crippen LogP contribution in [0.15, 0.2) is 16.6 Å². The van der Waals surface area contributed by atoms with Crippen LogP contribution in [0.1, 0.15) is 44.2 Å². The topological polar surface area (TPSA) is 21.3 Å². The molecule has 1 fully saturated rings. The molecule has 0 amide bonds. The molecule has 0 saturated carbocycles. The van der Waals surface area contributed by atoms with E-state index in [0.29, 0.717) is 6.04 Å². The summed E-state index contributed by atoms with van der Waals surface area (Å²) in [5.74, 6) is 0. The average Bonchev–Trinajstić information content (AvgIpc) is 2.34. The summed E-state index contributed by atoms with van der Waals surface area (Å²) in [6.07, 6.45) is 3.24. The molecule has 19 heavy (non-hydrogen) atoms. The lowest BCUT2D eigenvalue weighted by molar-refractivity contribution is -0.0709. The van der Waals surface area contributed by atoms with E-state index in [0.717, 1.165) is 30.3 Å². The number of rotatable bonds is 3. The Morgan fingerprint density at radius 2 is 2.00 bits per heavy atom. The Kier molecular flexibility index (Phi) is 4.57. The van der Waals surface area contributed by atoms with Crippen molar-refractivity contribution in [1.82, 2.24) is 0 Å². The Morgan fingerprint density at radius 3 is 2.58 bits per heavy atom. The minimum atomic E-state index is 0.0348. The van der Waals surface area contributed by atoms with Gasteiger partial charge in [-0.05, 0) is 63.3 Å². The van der Waals surface area contributed by atoms with Crippen LogP contribution in [0, 0.1) is 13.8 Å². The van der Waals surface area contributed by atoms with Gasteiger partial charge in [-0.15, -0.1) is 0 Å². The van der Waals surface area contributed by atoms with E-state index in [9.17, 15) is 0 Å². The SMILES string of the molecule is CCC1(C)CC(Nc2c(C)cc(Br)cc2C)CCO1. The minimum absolute atomic E-state index is 0.0348. The Labute approximate surface area is 125 Å². The third-order valence-electron chi connectivity index (χ3n) is 4.19. The van der Waals surface area contributed by atoms with Gasteiger partial charge in [0.1, 0.15) is 0 Å². The van der Waals surface area contributed by atoms with Crippen LogP contribution in [0.5, 0.6) is 0 Å². The quantitative estimate of drug-likeness (QED) is 0.859. The van der Waals surface area contributed by atoms with Crippen molar-refractivity contribution < 1.29 is 4.74 Å². The molecule has 1 aromatic carbocycles. The summed E-state index contributed by atoms with van der Waals surface area (Å²) in [5, 5.41) is 3.73. The lowest BCUT2D eigenvalue weighted by atomic mass is 9.89. The van der Waals surface area contributed by atoms with Gasteiger partial charge in [-0.2, -0.15) is 0 Å². The monoisotopic (exact) mass is 325 g/mol. The molecule has 0 bridgehead atoms. The van der Waals surface area contributed by atoms with Gasteiger partial charge in [0.05, 0.1) is 5.60 Å². The van der Waals surface area contributed by atoms with Gasteiger partial charge in [0.15, 0.2) is 0 Å². The maximum atomic E-state index is 5.91. The van der Waals surface area contributed by atoms with Crippen LogP contribution in [0.3, 0.4) is 0 Å². The first-order valence-corrected chi connectivity index (χ1v) is 7.90. The number of hydrogen-bond donors (Lipinski definition) is 1. The number of halogens is 1. The first-order chi connectivity index (χ1) is 8.93. The van der Waals surface area contributed by atoms with Crippen molar-refractivity contribution in [2.45, 2.75) is 58.6 Å². The fourth-order valence-corrected chi connectivity index (χ4v) is 3.53. The molecule has 2 unspecified atom stereocenters. The number of hydrogen-bond acceptors (Lipinski definition) is 2. The number of anilines is 1. The number of nitrogens with one attached hydrogen (secondary N) is 1. The Balaban J connectivity index is 2.13. The summed E-state index contributed by atoms with van der Waals surface area (Å²) in [7, 11) is 0. The molecular formula is C16H24BrNO. The predicted molar refractivity (Wildman–Crippen MR) is 84.9 cm³/mol. The van der Waals surface area contributed by atoms with E-state index in [1.165, 1.54) is 16.8 Å². The second kappa shape index (κ2) is 5.84. The molecular weight excluding hydrogens is 302 g/mol. The zero-order valence-electron chi connectivity index (χ0n) is 12.3. The summed E-state index contributed by atoms with van der Waals surface area (Å²) in [6, 6.07) is 4.86. The lowest BCUT2D eigenvalue weighted by Crippen LogP contribution is -2.42. The van der Waals surface area contributed by atoms with Crippen molar-refractivity contribution in [2.24, 2.45) is 0 Å². The molecule has 2 nitrogen and oxygen atoms in total. The molecule has 1 aliphatic rings. The Hall–Kier alpha value is -0.540. The molecule has 0 aliphatic carbocycles. The first-order valence-electron chi connectivity index (χ1n) is 7.11. The second-order valence-electron chi connectivity index (χ2n) is 5.90. The molecule has 1 saturated heterocycles. The van der Waals surface area contributed by atoms with Crippen LogP contribution >= 0.6 is 15.9 Å². The fraction of sp³-hybridized carbons (Fsp3) is 0.625. The van der Waals surface area contributed by atoms with Crippen molar-refractivity contribution in [3.8, 4) is 0 Å². The standard InChI is InChI=1S/C16H24BrNO/c1-5-16(4)10-14(6-7-19-16)18-15-11(2)8-13(17)9-12(15)3/h8-9,14,18H,5-7,10H2,1-4H3. The third kappa shape index (κ3) is 3.51. The van der Waals surface area contributed by atoms with Crippen molar-refractivity contribution in [3.05, 3.63) is 27.7 Å². The minimum Gasteiger partial charge on any atom is -0.382 e. The summed E-state index contributed by atoms with van der Waals surface area (Å²) in [4.78, 5) is 0. The van der Waals surface area contributed by atoms with E-state index in [1.54, 1.807) is 0 Å². The largest absolute Gasteiger partial charge is 0.382 e. The highest BCUT2D eigenvalue weighted by molar-refractivity contribution is 9.10. The molecule has 0 spiro atoms. The van der Waals surface area contributed by atoms with Crippen molar-refractivity contribution in [1.29, 1.82) is 0 Å². The van der Waals surface area contributed by atoms with Crippen molar-refractivity contribution >= 4 is 21.6 Å².